The summed E-state index contributed by atoms with van der Waals surface area (Å²) < 4.78 is 12.0. The molecule has 2 unspecified atom stereocenters. The van der Waals surface area contributed by atoms with Crippen LogP contribution in [0.5, 0.6) is 0 Å². The molecule has 0 aromatic heterocycles. The van der Waals surface area contributed by atoms with E-state index in [4.69, 9.17) is 9.47 Å². The van der Waals surface area contributed by atoms with Gasteiger partial charge < -0.3 is 14.4 Å². The highest BCUT2D eigenvalue weighted by molar-refractivity contribution is 5.48. The second-order valence-corrected chi connectivity index (χ2v) is 5.89. The maximum Gasteiger partial charge on any atom is 0.129 e. The predicted octanol–water partition coefficient (Wildman–Crippen LogP) is 5.13. The van der Waals surface area contributed by atoms with Crippen molar-refractivity contribution in [2.75, 3.05) is 18.1 Å². The van der Waals surface area contributed by atoms with Crippen LogP contribution in [-0.2, 0) is 9.47 Å². The SMILES string of the molecule is CCCCOC(C)N(c1ccc(C)cc1)C(C)OCCCC. The van der Waals surface area contributed by atoms with Crippen LogP contribution in [0, 0.1) is 6.92 Å². The number of hydrogen-bond acceptors (Lipinski definition) is 3. The zero-order valence-corrected chi connectivity index (χ0v) is 15.0. The lowest BCUT2D eigenvalue weighted by molar-refractivity contribution is -0.00128. The molecule has 1 aromatic carbocycles. The minimum Gasteiger partial charge on any atom is -0.359 e. The van der Waals surface area contributed by atoms with Crippen molar-refractivity contribution < 1.29 is 9.47 Å². The minimum atomic E-state index is 0.00545. The van der Waals surface area contributed by atoms with E-state index in [0.29, 0.717) is 0 Å². The lowest BCUT2D eigenvalue weighted by atomic mass is 10.2. The van der Waals surface area contributed by atoms with Crippen LogP contribution in [0.15, 0.2) is 24.3 Å². The van der Waals surface area contributed by atoms with Gasteiger partial charge in [0.25, 0.3) is 0 Å². The molecule has 2 atom stereocenters. The topological polar surface area (TPSA) is 21.7 Å². The van der Waals surface area contributed by atoms with Gasteiger partial charge in [-0.3, -0.25) is 0 Å². The molecule has 0 spiro atoms. The highest BCUT2D eigenvalue weighted by atomic mass is 16.5. The Morgan fingerprint density at radius 2 is 1.32 bits per heavy atom. The van der Waals surface area contributed by atoms with Gasteiger partial charge >= 0.3 is 0 Å². The first kappa shape index (κ1) is 19.0. The van der Waals surface area contributed by atoms with Gasteiger partial charge in [0, 0.05) is 18.9 Å². The maximum atomic E-state index is 6.00. The number of benzene rings is 1. The van der Waals surface area contributed by atoms with Crippen molar-refractivity contribution in [1.82, 2.24) is 0 Å². The van der Waals surface area contributed by atoms with Gasteiger partial charge in [-0.1, -0.05) is 44.4 Å². The van der Waals surface area contributed by atoms with E-state index in [2.05, 4.69) is 63.8 Å². The second-order valence-electron chi connectivity index (χ2n) is 5.89. The summed E-state index contributed by atoms with van der Waals surface area (Å²) in [7, 11) is 0. The second kappa shape index (κ2) is 10.6. The summed E-state index contributed by atoms with van der Waals surface area (Å²) in [5.41, 5.74) is 2.42. The molecule has 3 heteroatoms. The Kier molecular flexibility index (Phi) is 9.17. The summed E-state index contributed by atoms with van der Waals surface area (Å²) in [6.07, 6.45) is 4.50. The fourth-order valence-corrected chi connectivity index (χ4v) is 2.39. The van der Waals surface area contributed by atoms with Crippen LogP contribution in [0.2, 0.25) is 0 Å². The van der Waals surface area contributed by atoms with Gasteiger partial charge in [0.05, 0.1) is 0 Å². The number of hydrogen-bond donors (Lipinski definition) is 0. The van der Waals surface area contributed by atoms with E-state index in [1.54, 1.807) is 0 Å². The molecule has 0 saturated heterocycles. The van der Waals surface area contributed by atoms with Crippen molar-refractivity contribution >= 4 is 5.69 Å². The highest BCUT2D eigenvalue weighted by Gasteiger charge is 2.21. The van der Waals surface area contributed by atoms with Crippen molar-refractivity contribution in [3.05, 3.63) is 29.8 Å². The Balaban J connectivity index is 2.76. The summed E-state index contributed by atoms with van der Waals surface area (Å²) in [6, 6.07) is 8.57. The van der Waals surface area contributed by atoms with Crippen LogP contribution in [0.3, 0.4) is 0 Å². The van der Waals surface area contributed by atoms with Crippen molar-refractivity contribution in [3.63, 3.8) is 0 Å². The third-order valence-electron chi connectivity index (χ3n) is 3.83. The van der Waals surface area contributed by atoms with E-state index >= 15 is 0 Å². The summed E-state index contributed by atoms with van der Waals surface area (Å²) >= 11 is 0. The lowest BCUT2D eigenvalue weighted by Crippen LogP contribution is -2.43. The van der Waals surface area contributed by atoms with Crippen LogP contribution < -0.4 is 4.90 Å². The summed E-state index contributed by atoms with van der Waals surface area (Å²) in [5, 5.41) is 0. The molecule has 0 aliphatic rings. The number of rotatable bonds is 11. The monoisotopic (exact) mass is 307 g/mol. The number of unbranched alkanes of at least 4 members (excludes halogenated alkanes) is 2. The summed E-state index contributed by atoms with van der Waals surface area (Å²) in [4.78, 5) is 2.23. The van der Waals surface area contributed by atoms with Crippen molar-refractivity contribution in [1.29, 1.82) is 0 Å². The molecule has 0 N–H and O–H groups in total. The van der Waals surface area contributed by atoms with E-state index in [1.807, 2.05) is 0 Å². The van der Waals surface area contributed by atoms with Gasteiger partial charge in [-0.05, 0) is 45.7 Å². The molecular formula is C19H33NO2. The zero-order chi connectivity index (χ0) is 16.4. The summed E-state index contributed by atoms with van der Waals surface area (Å²) in [5.74, 6) is 0. The predicted molar refractivity (Wildman–Crippen MR) is 94.3 cm³/mol. The van der Waals surface area contributed by atoms with Gasteiger partial charge in [-0.25, -0.2) is 0 Å². The molecule has 0 aliphatic carbocycles. The molecule has 0 fully saturated rings. The molecule has 0 saturated carbocycles. The number of aryl methyl sites for hydroxylation is 1. The van der Waals surface area contributed by atoms with Crippen molar-refractivity contribution in [2.45, 2.75) is 72.8 Å². The Labute approximate surface area is 136 Å². The Morgan fingerprint density at radius 3 is 1.73 bits per heavy atom. The van der Waals surface area contributed by atoms with Gasteiger partial charge in [0.15, 0.2) is 0 Å². The summed E-state index contributed by atoms with van der Waals surface area (Å²) in [6.45, 7) is 12.3. The van der Waals surface area contributed by atoms with E-state index in [1.165, 1.54) is 5.56 Å². The van der Waals surface area contributed by atoms with Crippen molar-refractivity contribution in [2.24, 2.45) is 0 Å². The number of anilines is 1. The first-order valence-corrected chi connectivity index (χ1v) is 8.68. The average Bonchev–Trinajstić information content (AvgIpc) is 2.50. The van der Waals surface area contributed by atoms with Crippen LogP contribution in [-0.4, -0.2) is 25.7 Å². The maximum absolute atomic E-state index is 6.00. The molecular weight excluding hydrogens is 274 g/mol. The normalized spacial score (nSPS) is 13.9. The van der Waals surface area contributed by atoms with Gasteiger partial charge in [0.2, 0.25) is 0 Å². The molecule has 1 rings (SSSR count). The highest BCUT2D eigenvalue weighted by Crippen LogP contribution is 2.22. The molecule has 1 aromatic rings. The Morgan fingerprint density at radius 1 is 0.864 bits per heavy atom. The molecule has 126 valence electrons. The van der Waals surface area contributed by atoms with Crippen molar-refractivity contribution in [3.8, 4) is 0 Å². The molecule has 0 heterocycles. The fraction of sp³-hybridized carbons (Fsp3) is 0.684. The number of ether oxygens (including phenoxy) is 2. The molecule has 0 amide bonds. The molecule has 0 aliphatic heterocycles. The van der Waals surface area contributed by atoms with Crippen LogP contribution in [0.25, 0.3) is 0 Å². The lowest BCUT2D eigenvalue weighted by Gasteiger charge is -2.36. The Hall–Kier alpha value is -1.06. The average molecular weight is 307 g/mol. The molecule has 0 radical (unpaired) electrons. The van der Waals surface area contributed by atoms with E-state index < -0.39 is 0 Å². The molecule has 22 heavy (non-hydrogen) atoms. The third-order valence-corrected chi connectivity index (χ3v) is 3.83. The van der Waals surface area contributed by atoms with Gasteiger partial charge in [-0.15, -0.1) is 0 Å². The molecule has 0 bridgehead atoms. The quantitative estimate of drug-likeness (QED) is 0.418. The van der Waals surface area contributed by atoms with E-state index in [9.17, 15) is 0 Å². The smallest absolute Gasteiger partial charge is 0.129 e. The first-order valence-electron chi connectivity index (χ1n) is 8.68. The third kappa shape index (κ3) is 6.37. The van der Waals surface area contributed by atoms with Gasteiger partial charge in [0.1, 0.15) is 12.5 Å². The minimum absolute atomic E-state index is 0.00545. The first-order chi connectivity index (χ1) is 10.6. The van der Waals surface area contributed by atoms with Crippen LogP contribution in [0.4, 0.5) is 5.69 Å². The largest absolute Gasteiger partial charge is 0.359 e. The Bertz CT molecular complexity index is 375. The van der Waals surface area contributed by atoms with Crippen LogP contribution >= 0.6 is 0 Å². The van der Waals surface area contributed by atoms with E-state index in [-0.39, 0.29) is 12.5 Å². The number of nitrogens with zero attached hydrogens (tertiary/aromatic N) is 1. The van der Waals surface area contributed by atoms with Crippen LogP contribution in [0.1, 0.15) is 58.9 Å². The van der Waals surface area contributed by atoms with Gasteiger partial charge in [-0.2, -0.15) is 0 Å². The standard InChI is InChI=1S/C19H33NO2/c1-6-8-14-21-17(4)20(18(5)22-15-9-7-2)19-12-10-16(3)11-13-19/h10-13,17-18H,6-9,14-15H2,1-5H3. The van der Waals surface area contributed by atoms with E-state index in [0.717, 1.165) is 44.6 Å². The fourth-order valence-electron chi connectivity index (χ4n) is 2.39. The zero-order valence-electron chi connectivity index (χ0n) is 15.0. The molecule has 3 nitrogen and oxygen atoms in total.